The third-order valence-corrected chi connectivity index (χ3v) is 4.52. The van der Waals surface area contributed by atoms with Crippen molar-refractivity contribution in [2.75, 3.05) is 0 Å². The average molecular weight is 368 g/mol. The summed E-state index contributed by atoms with van der Waals surface area (Å²) in [7, 11) is -3.64. The lowest BCUT2D eigenvalue weighted by atomic mass is 10.1. The number of nitrogens with one attached hydrogen (secondary N) is 1. The summed E-state index contributed by atoms with van der Waals surface area (Å²) in [5, 5.41) is 2.69. The van der Waals surface area contributed by atoms with Gasteiger partial charge in [0, 0.05) is 13.3 Å². The Morgan fingerprint density at radius 2 is 1.54 bits per heavy atom. The number of benzene rings is 1. The summed E-state index contributed by atoms with van der Waals surface area (Å²) in [6.45, 7) is 13.6. The van der Waals surface area contributed by atoms with Gasteiger partial charge in [0.1, 0.15) is 11.8 Å². The first-order chi connectivity index (χ1) is 10.9. The molecule has 1 atom stereocenters. The van der Waals surface area contributed by atoms with Crippen LogP contribution in [0.1, 0.15) is 12.5 Å². The summed E-state index contributed by atoms with van der Waals surface area (Å²) in [4.78, 5) is 23.7. The van der Waals surface area contributed by atoms with E-state index in [4.69, 9.17) is 8.85 Å². The van der Waals surface area contributed by atoms with Crippen molar-refractivity contribution < 1.29 is 18.4 Å². The zero-order chi connectivity index (χ0) is 18.5. The molecule has 0 radical (unpaired) electrons. The van der Waals surface area contributed by atoms with Crippen molar-refractivity contribution in [3.05, 3.63) is 29.8 Å². The molecule has 5 nitrogen and oxygen atoms in total. The standard InChI is InChI=1S/C17H29NO4Si2/c1-13(19)18-16(17(20)22-24(5,6)7)12-14-8-10-15(11-9-14)21-23(2,3)4/h8-11,16H,12H2,1-7H3,(H,18,19)/t16-/m0/s1. The molecular formula is C17H29NO4Si2. The van der Waals surface area contributed by atoms with Crippen molar-refractivity contribution >= 4 is 28.5 Å². The molecule has 0 spiro atoms. The first-order valence-electron chi connectivity index (χ1n) is 8.14. The molecule has 1 N–H and O–H groups in total. The van der Waals surface area contributed by atoms with Gasteiger partial charge < -0.3 is 14.2 Å². The van der Waals surface area contributed by atoms with Crippen molar-refractivity contribution in [2.45, 2.75) is 58.7 Å². The van der Waals surface area contributed by atoms with Gasteiger partial charge in [0.05, 0.1) is 0 Å². The lowest BCUT2D eigenvalue weighted by Crippen LogP contribution is -2.45. The second-order valence-corrected chi connectivity index (χ2v) is 16.7. The molecule has 24 heavy (non-hydrogen) atoms. The highest BCUT2D eigenvalue weighted by molar-refractivity contribution is 6.71. The van der Waals surface area contributed by atoms with E-state index in [1.165, 1.54) is 6.92 Å². The summed E-state index contributed by atoms with van der Waals surface area (Å²) in [6, 6.07) is 6.99. The average Bonchev–Trinajstić information content (AvgIpc) is 2.36. The second kappa shape index (κ2) is 7.98. The van der Waals surface area contributed by atoms with E-state index in [0.717, 1.165) is 11.3 Å². The number of hydrogen-bond donors (Lipinski definition) is 1. The minimum absolute atomic E-state index is 0.244. The van der Waals surface area contributed by atoms with Crippen molar-refractivity contribution in [1.29, 1.82) is 0 Å². The molecule has 0 saturated carbocycles. The van der Waals surface area contributed by atoms with Gasteiger partial charge in [-0.05, 0) is 57.0 Å². The lowest BCUT2D eigenvalue weighted by Gasteiger charge is -2.23. The second-order valence-electron chi connectivity index (χ2n) is 7.85. The highest BCUT2D eigenvalue weighted by atomic mass is 28.4. The number of carbonyl (C=O) groups is 2. The molecule has 0 aliphatic carbocycles. The topological polar surface area (TPSA) is 64.6 Å². The highest BCUT2D eigenvalue weighted by Crippen LogP contribution is 2.18. The minimum Gasteiger partial charge on any atom is -0.544 e. The van der Waals surface area contributed by atoms with Crippen LogP contribution in [0.3, 0.4) is 0 Å². The van der Waals surface area contributed by atoms with Crippen LogP contribution < -0.4 is 9.74 Å². The summed E-state index contributed by atoms with van der Waals surface area (Å²) in [5.41, 5.74) is 0.948. The van der Waals surface area contributed by atoms with E-state index in [9.17, 15) is 9.59 Å². The Bertz CT molecular complexity index is 574. The van der Waals surface area contributed by atoms with Crippen LogP contribution in [0.25, 0.3) is 0 Å². The molecule has 1 aromatic rings. The Balaban J connectivity index is 2.83. The van der Waals surface area contributed by atoms with E-state index in [1.807, 2.05) is 43.9 Å². The van der Waals surface area contributed by atoms with E-state index in [0.29, 0.717) is 6.42 Å². The Labute approximate surface area is 147 Å². The third kappa shape index (κ3) is 8.30. The van der Waals surface area contributed by atoms with Crippen molar-refractivity contribution in [2.24, 2.45) is 0 Å². The summed E-state index contributed by atoms with van der Waals surface area (Å²) in [6.07, 6.45) is 0.399. The molecule has 0 unspecified atom stereocenters. The SMILES string of the molecule is CC(=O)N[C@@H](Cc1ccc(O[Si](C)(C)C)cc1)C(=O)O[Si](C)(C)C. The van der Waals surface area contributed by atoms with Gasteiger partial charge in [-0.25, -0.2) is 0 Å². The maximum absolute atomic E-state index is 12.3. The number of rotatable bonds is 7. The molecule has 0 fully saturated rings. The number of carbonyl (C=O) groups excluding carboxylic acids is 2. The molecular weight excluding hydrogens is 338 g/mol. The van der Waals surface area contributed by atoms with Gasteiger partial charge >= 0.3 is 5.97 Å². The van der Waals surface area contributed by atoms with Gasteiger partial charge in [-0.15, -0.1) is 0 Å². The van der Waals surface area contributed by atoms with Crippen LogP contribution in [0.15, 0.2) is 24.3 Å². The van der Waals surface area contributed by atoms with Gasteiger partial charge in [0.2, 0.25) is 22.5 Å². The predicted molar refractivity (Wildman–Crippen MR) is 101 cm³/mol. The first kappa shape index (κ1) is 20.4. The molecule has 0 aliphatic heterocycles. The molecule has 0 saturated heterocycles. The minimum atomic E-state index is -2.00. The van der Waals surface area contributed by atoms with Crippen LogP contribution in [0.2, 0.25) is 39.3 Å². The fourth-order valence-electron chi connectivity index (χ4n) is 2.09. The Kier molecular flexibility index (Phi) is 6.79. The maximum atomic E-state index is 12.3. The van der Waals surface area contributed by atoms with Gasteiger partial charge in [-0.3, -0.25) is 9.59 Å². The van der Waals surface area contributed by atoms with Crippen molar-refractivity contribution in [1.82, 2.24) is 5.32 Å². The van der Waals surface area contributed by atoms with Gasteiger partial charge in [0.25, 0.3) is 0 Å². The van der Waals surface area contributed by atoms with E-state index < -0.39 is 22.7 Å². The summed E-state index contributed by atoms with van der Waals surface area (Å²) >= 11 is 0. The zero-order valence-corrected chi connectivity index (χ0v) is 17.7. The Morgan fingerprint density at radius 1 is 1.00 bits per heavy atom. The summed E-state index contributed by atoms with van der Waals surface area (Å²) in [5.74, 6) is 0.219. The monoisotopic (exact) mass is 367 g/mol. The van der Waals surface area contributed by atoms with Crippen LogP contribution in [0.4, 0.5) is 0 Å². The molecule has 1 aromatic carbocycles. The van der Waals surface area contributed by atoms with Crippen LogP contribution in [-0.2, 0) is 20.4 Å². The molecule has 134 valence electrons. The van der Waals surface area contributed by atoms with Crippen LogP contribution >= 0.6 is 0 Å². The molecule has 7 heteroatoms. The fourth-order valence-corrected chi connectivity index (χ4v) is 3.68. The Hall–Kier alpha value is -1.61. The molecule has 0 aliphatic rings. The maximum Gasteiger partial charge on any atom is 0.315 e. The normalized spacial score (nSPS) is 13.1. The molecule has 1 amide bonds. The quantitative estimate of drug-likeness (QED) is 0.751. The van der Waals surface area contributed by atoms with Crippen LogP contribution in [-0.4, -0.2) is 34.6 Å². The van der Waals surface area contributed by atoms with Crippen molar-refractivity contribution in [3.63, 3.8) is 0 Å². The molecule has 0 aromatic heterocycles. The number of amides is 1. The van der Waals surface area contributed by atoms with Gasteiger partial charge in [-0.2, -0.15) is 0 Å². The highest BCUT2D eigenvalue weighted by Gasteiger charge is 2.27. The van der Waals surface area contributed by atoms with Crippen molar-refractivity contribution in [3.8, 4) is 5.75 Å². The lowest BCUT2D eigenvalue weighted by molar-refractivity contribution is -0.139. The Morgan fingerprint density at radius 3 is 1.96 bits per heavy atom. The van der Waals surface area contributed by atoms with E-state index in [2.05, 4.69) is 25.0 Å². The smallest absolute Gasteiger partial charge is 0.315 e. The van der Waals surface area contributed by atoms with Gasteiger partial charge in [0.15, 0.2) is 0 Å². The van der Waals surface area contributed by atoms with Gasteiger partial charge in [-0.1, -0.05) is 12.1 Å². The summed E-state index contributed by atoms with van der Waals surface area (Å²) < 4.78 is 11.5. The van der Waals surface area contributed by atoms with Crippen LogP contribution in [0.5, 0.6) is 5.75 Å². The van der Waals surface area contributed by atoms with E-state index in [-0.39, 0.29) is 11.9 Å². The molecule has 1 rings (SSSR count). The molecule has 0 heterocycles. The fraction of sp³-hybridized carbons (Fsp3) is 0.529. The third-order valence-electron chi connectivity index (χ3n) is 2.86. The van der Waals surface area contributed by atoms with Crippen LogP contribution in [0, 0.1) is 0 Å². The number of hydrogen-bond acceptors (Lipinski definition) is 4. The predicted octanol–water partition coefficient (Wildman–Crippen LogP) is 3.33. The molecule has 0 bridgehead atoms. The first-order valence-corrected chi connectivity index (χ1v) is 15.0. The zero-order valence-electron chi connectivity index (χ0n) is 15.7. The van der Waals surface area contributed by atoms with E-state index >= 15 is 0 Å². The van der Waals surface area contributed by atoms with E-state index in [1.54, 1.807) is 0 Å². The largest absolute Gasteiger partial charge is 0.544 e.